The van der Waals surface area contributed by atoms with Gasteiger partial charge in [-0.05, 0) is 54.9 Å². The maximum atomic E-state index is 12.1. The van der Waals surface area contributed by atoms with Gasteiger partial charge in [-0.3, -0.25) is 4.79 Å². The number of carbonyl (C=O) groups is 1. The fourth-order valence-electron chi connectivity index (χ4n) is 2.18. The van der Waals surface area contributed by atoms with Gasteiger partial charge in [0.05, 0.1) is 10.6 Å². The molecule has 2 aromatic rings. The van der Waals surface area contributed by atoms with Gasteiger partial charge in [0.2, 0.25) is 0 Å². The highest BCUT2D eigenvalue weighted by Crippen LogP contribution is 2.31. The van der Waals surface area contributed by atoms with Crippen molar-refractivity contribution < 1.29 is 9.90 Å². The second-order valence-electron chi connectivity index (χ2n) is 5.33. The number of carbonyl (C=O) groups excluding carboxylic acids is 1. The zero-order valence-corrected chi connectivity index (χ0v) is 13.6. The summed E-state index contributed by atoms with van der Waals surface area (Å²) in [6, 6.07) is 12.9. The highest BCUT2D eigenvalue weighted by molar-refractivity contribution is 8.18. The Morgan fingerprint density at radius 3 is 2.74 bits per heavy atom. The summed E-state index contributed by atoms with van der Waals surface area (Å²) >= 11 is 1.27. The largest absolute Gasteiger partial charge is 0.507 e. The number of amides is 1. The Kier molecular flexibility index (Phi) is 4.21. The molecular weight excluding hydrogens is 308 g/mol. The molecule has 1 saturated heterocycles. The first-order valence-corrected chi connectivity index (χ1v) is 7.99. The normalized spacial score (nSPS) is 17.7. The highest BCUT2D eigenvalue weighted by Gasteiger charge is 2.24. The lowest BCUT2D eigenvalue weighted by molar-refractivity contribution is -0.115. The quantitative estimate of drug-likeness (QED) is 0.824. The van der Waals surface area contributed by atoms with Crippen LogP contribution in [0.15, 0.2) is 52.4 Å². The van der Waals surface area contributed by atoms with Gasteiger partial charge in [-0.25, -0.2) is 4.99 Å². The number of phenols is 1. The molecule has 0 saturated carbocycles. The second-order valence-corrected chi connectivity index (χ2v) is 6.36. The van der Waals surface area contributed by atoms with Crippen molar-refractivity contribution >= 4 is 34.6 Å². The summed E-state index contributed by atoms with van der Waals surface area (Å²) in [4.78, 5) is 17.1. The fraction of sp³-hybridized carbons (Fsp3) is 0.111. The van der Waals surface area contributed by atoms with Crippen LogP contribution in [0.4, 0.5) is 5.69 Å². The van der Waals surface area contributed by atoms with Gasteiger partial charge >= 0.3 is 0 Å². The third-order valence-corrected chi connectivity index (χ3v) is 4.37. The number of benzene rings is 2. The predicted molar refractivity (Wildman–Crippen MR) is 94.8 cm³/mol. The van der Waals surface area contributed by atoms with Gasteiger partial charge in [-0.2, -0.15) is 0 Å². The lowest BCUT2D eigenvalue weighted by Crippen LogP contribution is -2.19. The molecule has 0 radical (unpaired) electrons. The molecule has 4 nitrogen and oxygen atoms in total. The maximum absolute atomic E-state index is 12.1. The van der Waals surface area contributed by atoms with Crippen LogP contribution in [0.3, 0.4) is 0 Å². The van der Waals surface area contributed by atoms with Crippen molar-refractivity contribution in [3.8, 4) is 5.75 Å². The van der Waals surface area contributed by atoms with Crippen molar-refractivity contribution in [1.82, 2.24) is 5.32 Å². The number of aromatic hydroxyl groups is 1. The van der Waals surface area contributed by atoms with Gasteiger partial charge in [0, 0.05) is 5.56 Å². The van der Waals surface area contributed by atoms with Crippen LogP contribution in [-0.4, -0.2) is 16.2 Å². The van der Waals surface area contributed by atoms with Crippen molar-refractivity contribution in [2.24, 2.45) is 4.99 Å². The first-order valence-electron chi connectivity index (χ1n) is 7.18. The molecule has 0 bridgehead atoms. The molecule has 116 valence electrons. The van der Waals surface area contributed by atoms with E-state index in [-0.39, 0.29) is 11.7 Å². The summed E-state index contributed by atoms with van der Waals surface area (Å²) in [7, 11) is 0. The first-order chi connectivity index (χ1) is 11.0. The van der Waals surface area contributed by atoms with Crippen molar-refractivity contribution in [3.63, 3.8) is 0 Å². The average Bonchev–Trinajstić information content (AvgIpc) is 2.85. The zero-order chi connectivity index (χ0) is 16.4. The van der Waals surface area contributed by atoms with Crippen molar-refractivity contribution in [2.75, 3.05) is 0 Å². The van der Waals surface area contributed by atoms with E-state index in [1.165, 1.54) is 11.8 Å². The molecule has 0 unspecified atom stereocenters. The number of nitrogens with zero attached hydrogens (tertiary/aromatic N) is 1. The lowest BCUT2D eigenvalue weighted by atomic mass is 10.1. The van der Waals surface area contributed by atoms with Gasteiger partial charge < -0.3 is 10.4 Å². The van der Waals surface area contributed by atoms with Crippen LogP contribution in [0.1, 0.15) is 16.7 Å². The molecule has 0 aromatic heterocycles. The van der Waals surface area contributed by atoms with Crippen LogP contribution >= 0.6 is 11.8 Å². The Morgan fingerprint density at radius 1 is 1.17 bits per heavy atom. The minimum Gasteiger partial charge on any atom is -0.507 e. The van der Waals surface area contributed by atoms with E-state index in [0.717, 1.165) is 16.8 Å². The van der Waals surface area contributed by atoms with Gasteiger partial charge in [0.25, 0.3) is 5.91 Å². The molecule has 2 aromatic carbocycles. The standard InChI is InChI=1S/C18H16N2O2S/c1-11-7-8-12(2)14(9-11)19-18-20-17(22)16(23-18)10-13-5-3-4-6-15(13)21/h3-10,21H,1-2H3,(H,19,20,22). The summed E-state index contributed by atoms with van der Waals surface area (Å²) in [5.41, 5.74) is 3.63. The topological polar surface area (TPSA) is 61.7 Å². The number of aryl methyl sites for hydroxylation is 2. The predicted octanol–water partition coefficient (Wildman–Crippen LogP) is 3.90. The molecular formula is C18H16N2O2S. The number of hydrogen-bond acceptors (Lipinski definition) is 4. The SMILES string of the molecule is Cc1ccc(C)c(N=C2NC(=O)C(=Cc3ccccc3O)S2)c1. The van der Waals surface area contributed by atoms with Crippen LogP contribution in [0.5, 0.6) is 5.75 Å². The molecule has 3 rings (SSSR count). The summed E-state index contributed by atoms with van der Waals surface area (Å²) in [5.74, 6) is -0.0596. The Hall–Kier alpha value is -2.53. The van der Waals surface area contributed by atoms with E-state index in [0.29, 0.717) is 15.6 Å². The lowest BCUT2D eigenvalue weighted by Gasteiger charge is -2.02. The van der Waals surface area contributed by atoms with Crippen molar-refractivity contribution in [1.29, 1.82) is 0 Å². The van der Waals surface area contributed by atoms with E-state index in [1.54, 1.807) is 24.3 Å². The monoisotopic (exact) mass is 324 g/mol. The van der Waals surface area contributed by atoms with E-state index in [9.17, 15) is 9.90 Å². The molecule has 1 aliphatic heterocycles. The van der Waals surface area contributed by atoms with E-state index in [4.69, 9.17) is 0 Å². The van der Waals surface area contributed by atoms with Crippen molar-refractivity contribution in [2.45, 2.75) is 13.8 Å². The third kappa shape index (κ3) is 3.46. The summed E-state index contributed by atoms with van der Waals surface area (Å²) in [6.45, 7) is 3.99. The molecule has 0 spiro atoms. The number of phenolic OH excluding ortho intramolecular Hbond substituents is 1. The van der Waals surface area contributed by atoms with Gasteiger partial charge in [0.15, 0.2) is 5.17 Å². The number of hydrogen-bond donors (Lipinski definition) is 2. The van der Waals surface area contributed by atoms with Crippen LogP contribution in [0, 0.1) is 13.8 Å². The van der Waals surface area contributed by atoms with E-state index >= 15 is 0 Å². The molecule has 1 amide bonds. The van der Waals surface area contributed by atoms with E-state index in [1.807, 2.05) is 38.1 Å². The Morgan fingerprint density at radius 2 is 1.96 bits per heavy atom. The second kappa shape index (κ2) is 6.30. The van der Waals surface area contributed by atoms with Crippen LogP contribution < -0.4 is 5.32 Å². The summed E-state index contributed by atoms with van der Waals surface area (Å²) in [5, 5.41) is 13.1. The summed E-state index contributed by atoms with van der Waals surface area (Å²) in [6.07, 6.45) is 1.67. The molecule has 5 heteroatoms. The number of nitrogens with one attached hydrogen (secondary N) is 1. The highest BCUT2D eigenvalue weighted by atomic mass is 32.2. The first kappa shape index (κ1) is 15.4. The summed E-state index contributed by atoms with van der Waals surface area (Å²) < 4.78 is 0. The number of para-hydroxylation sites is 1. The van der Waals surface area contributed by atoms with Crippen LogP contribution in [0.25, 0.3) is 6.08 Å². The Labute approximate surface area is 139 Å². The molecule has 1 fully saturated rings. The Balaban J connectivity index is 1.89. The molecule has 1 aliphatic rings. The van der Waals surface area contributed by atoms with E-state index in [2.05, 4.69) is 10.3 Å². The van der Waals surface area contributed by atoms with Gasteiger partial charge in [0.1, 0.15) is 5.75 Å². The molecule has 0 atom stereocenters. The van der Waals surface area contributed by atoms with Gasteiger partial charge in [-0.15, -0.1) is 0 Å². The Bertz CT molecular complexity index is 841. The third-order valence-electron chi connectivity index (χ3n) is 3.46. The molecule has 2 N–H and O–H groups in total. The van der Waals surface area contributed by atoms with Crippen LogP contribution in [0.2, 0.25) is 0 Å². The maximum Gasteiger partial charge on any atom is 0.264 e. The minimum absolute atomic E-state index is 0.147. The van der Waals surface area contributed by atoms with E-state index < -0.39 is 0 Å². The average molecular weight is 324 g/mol. The molecule has 1 heterocycles. The number of aliphatic imine (C=N–C) groups is 1. The fourth-order valence-corrected chi connectivity index (χ4v) is 3.01. The smallest absolute Gasteiger partial charge is 0.264 e. The molecule has 0 aliphatic carbocycles. The van der Waals surface area contributed by atoms with Crippen LogP contribution in [-0.2, 0) is 4.79 Å². The zero-order valence-electron chi connectivity index (χ0n) is 12.8. The minimum atomic E-state index is -0.206. The van der Waals surface area contributed by atoms with Gasteiger partial charge in [-0.1, -0.05) is 30.3 Å². The number of amidine groups is 1. The molecule has 23 heavy (non-hydrogen) atoms. The number of thioether (sulfide) groups is 1. The number of rotatable bonds is 2. The van der Waals surface area contributed by atoms with Crippen molar-refractivity contribution in [3.05, 3.63) is 64.1 Å².